The molecule has 1 aromatic rings. The Balaban J connectivity index is 2.10. The molecule has 1 aliphatic rings. The highest BCUT2D eigenvalue weighted by molar-refractivity contribution is 8.00. The van der Waals surface area contributed by atoms with Crippen LogP contribution < -0.4 is 10.6 Å². The number of nitrogens with zero attached hydrogens (tertiary/aromatic N) is 3. The highest BCUT2D eigenvalue weighted by atomic mass is 32.2. The van der Waals surface area contributed by atoms with Gasteiger partial charge in [-0.1, -0.05) is 6.92 Å². The highest BCUT2D eigenvalue weighted by Crippen LogP contribution is 2.24. The molecule has 0 aliphatic carbocycles. The van der Waals surface area contributed by atoms with Crippen molar-refractivity contribution < 1.29 is 0 Å². The predicted octanol–water partition coefficient (Wildman–Crippen LogP) is 1.27. The van der Waals surface area contributed by atoms with Crippen molar-refractivity contribution in [1.29, 1.82) is 0 Å². The van der Waals surface area contributed by atoms with Gasteiger partial charge in [-0.05, 0) is 6.42 Å². The Morgan fingerprint density at radius 1 is 1.56 bits per heavy atom. The van der Waals surface area contributed by atoms with Gasteiger partial charge in [0.1, 0.15) is 5.82 Å². The van der Waals surface area contributed by atoms with E-state index in [0.717, 1.165) is 29.9 Å². The van der Waals surface area contributed by atoms with E-state index in [9.17, 15) is 0 Å². The van der Waals surface area contributed by atoms with Gasteiger partial charge in [0.25, 0.3) is 0 Å². The van der Waals surface area contributed by atoms with Crippen LogP contribution in [0.25, 0.3) is 0 Å². The maximum absolute atomic E-state index is 5.58. The van der Waals surface area contributed by atoms with Crippen molar-refractivity contribution in [3.63, 3.8) is 0 Å². The molecule has 2 N–H and O–H groups in total. The lowest BCUT2D eigenvalue weighted by Gasteiger charge is -2.32. The molecule has 0 saturated carbocycles. The summed E-state index contributed by atoms with van der Waals surface area (Å²) >= 11 is 2.06. The molecule has 0 spiro atoms. The molecular weight excluding hydrogens is 220 g/mol. The van der Waals surface area contributed by atoms with E-state index >= 15 is 0 Å². The summed E-state index contributed by atoms with van der Waals surface area (Å²) in [6.07, 6.45) is 4.78. The zero-order valence-electron chi connectivity index (χ0n) is 9.59. The molecule has 5 heteroatoms. The molecule has 88 valence electrons. The molecule has 0 aromatic carbocycles. The summed E-state index contributed by atoms with van der Waals surface area (Å²) in [6, 6.07) is 0. The van der Waals surface area contributed by atoms with Gasteiger partial charge in [0.2, 0.25) is 0 Å². The van der Waals surface area contributed by atoms with E-state index in [-0.39, 0.29) is 0 Å². The molecule has 0 radical (unpaired) electrons. The smallest absolute Gasteiger partial charge is 0.147 e. The predicted molar refractivity (Wildman–Crippen MR) is 68.7 cm³/mol. The van der Waals surface area contributed by atoms with E-state index in [2.05, 4.69) is 33.6 Å². The van der Waals surface area contributed by atoms with Gasteiger partial charge in [-0.3, -0.25) is 4.98 Å². The molecule has 1 aromatic heterocycles. The summed E-state index contributed by atoms with van der Waals surface area (Å²) in [6.45, 7) is 4.83. The van der Waals surface area contributed by atoms with Crippen molar-refractivity contribution in [2.75, 3.05) is 23.7 Å². The lowest BCUT2D eigenvalue weighted by atomic mass is 10.3. The van der Waals surface area contributed by atoms with Crippen LogP contribution in [0.4, 0.5) is 5.82 Å². The third kappa shape index (κ3) is 2.65. The standard InChI is InChI=1S/C11H18N4S/c1-2-10-8-15(3-4-16-10)11-7-13-6-9(5-12)14-11/h6-7,10H,2-5,8,12H2,1H3. The Morgan fingerprint density at radius 2 is 2.44 bits per heavy atom. The van der Waals surface area contributed by atoms with Crippen molar-refractivity contribution in [3.8, 4) is 0 Å². The first kappa shape index (κ1) is 11.7. The van der Waals surface area contributed by atoms with Crippen LogP contribution in [0.1, 0.15) is 19.0 Å². The Bertz CT molecular complexity index is 345. The first-order chi connectivity index (χ1) is 7.83. The van der Waals surface area contributed by atoms with E-state index < -0.39 is 0 Å². The quantitative estimate of drug-likeness (QED) is 0.859. The van der Waals surface area contributed by atoms with Crippen LogP contribution in [0.3, 0.4) is 0 Å². The maximum Gasteiger partial charge on any atom is 0.147 e. The summed E-state index contributed by atoms with van der Waals surface area (Å²) in [5.74, 6) is 2.15. The molecule has 1 aliphatic heterocycles. The molecule has 1 fully saturated rings. The van der Waals surface area contributed by atoms with Gasteiger partial charge in [0.05, 0.1) is 11.9 Å². The zero-order valence-corrected chi connectivity index (χ0v) is 10.4. The number of hydrogen-bond acceptors (Lipinski definition) is 5. The summed E-state index contributed by atoms with van der Waals surface area (Å²) in [7, 11) is 0. The normalized spacial score (nSPS) is 21.1. The minimum atomic E-state index is 0.459. The number of thioether (sulfide) groups is 1. The molecule has 4 nitrogen and oxygen atoms in total. The third-order valence-electron chi connectivity index (χ3n) is 2.80. The van der Waals surface area contributed by atoms with E-state index in [1.54, 1.807) is 6.20 Å². The van der Waals surface area contributed by atoms with E-state index in [1.807, 2.05) is 6.20 Å². The lowest BCUT2D eigenvalue weighted by molar-refractivity contribution is 0.715. The number of anilines is 1. The number of aromatic nitrogens is 2. The number of rotatable bonds is 3. The van der Waals surface area contributed by atoms with Crippen molar-refractivity contribution in [2.45, 2.75) is 25.1 Å². The average molecular weight is 238 g/mol. The molecule has 1 unspecified atom stereocenters. The second kappa shape index (κ2) is 5.50. The second-order valence-corrected chi connectivity index (χ2v) is 5.33. The fourth-order valence-electron chi connectivity index (χ4n) is 1.82. The van der Waals surface area contributed by atoms with Crippen LogP contribution in [0.15, 0.2) is 12.4 Å². The molecule has 2 rings (SSSR count). The molecule has 2 heterocycles. The summed E-state index contributed by atoms with van der Waals surface area (Å²) < 4.78 is 0. The van der Waals surface area contributed by atoms with E-state index in [1.165, 1.54) is 12.2 Å². The zero-order chi connectivity index (χ0) is 11.4. The molecule has 1 atom stereocenters. The fraction of sp³-hybridized carbons (Fsp3) is 0.636. The third-order valence-corrected chi connectivity index (χ3v) is 4.17. The van der Waals surface area contributed by atoms with Gasteiger partial charge in [-0.15, -0.1) is 0 Å². The largest absolute Gasteiger partial charge is 0.353 e. The van der Waals surface area contributed by atoms with Crippen molar-refractivity contribution in [3.05, 3.63) is 18.1 Å². The minimum Gasteiger partial charge on any atom is -0.353 e. The number of hydrogen-bond donors (Lipinski definition) is 1. The minimum absolute atomic E-state index is 0.459. The highest BCUT2D eigenvalue weighted by Gasteiger charge is 2.20. The van der Waals surface area contributed by atoms with Crippen LogP contribution in [0.5, 0.6) is 0 Å². The monoisotopic (exact) mass is 238 g/mol. The summed E-state index contributed by atoms with van der Waals surface area (Å²) in [5.41, 5.74) is 6.44. The first-order valence-corrected chi connectivity index (χ1v) is 6.76. The maximum atomic E-state index is 5.58. The fourth-order valence-corrected chi connectivity index (χ4v) is 3.00. The topological polar surface area (TPSA) is 55.0 Å². The van der Waals surface area contributed by atoms with Crippen LogP contribution in [0.2, 0.25) is 0 Å². The Labute approximate surface area is 101 Å². The Morgan fingerprint density at radius 3 is 3.19 bits per heavy atom. The average Bonchev–Trinajstić information content (AvgIpc) is 2.39. The second-order valence-electron chi connectivity index (χ2n) is 3.92. The first-order valence-electron chi connectivity index (χ1n) is 5.71. The molecule has 0 bridgehead atoms. The SMILES string of the molecule is CCC1CN(c2cncc(CN)n2)CCS1. The number of nitrogens with two attached hydrogens (primary N) is 1. The van der Waals surface area contributed by atoms with Crippen LogP contribution in [-0.2, 0) is 6.54 Å². The Kier molecular flexibility index (Phi) is 4.01. The molecular formula is C11H18N4S. The van der Waals surface area contributed by atoms with Gasteiger partial charge in [-0.25, -0.2) is 4.98 Å². The van der Waals surface area contributed by atoms with Crippen molar-refractivity contribution in [2.24, 2.45) is 5.73 Å². The molecule has 1 saturated heterocycles. The Hall–Kier alpha value is -0.810. The van der Waals surface area contributed by atoms with Crippen LogP contribution in [-0.4, -0.2) is 34.1 Å². The van der Waals surface area contributed by atoms with Crippen molar-refractivity contribution in [1.82, 2.24) is 9.97 Å². The van der Waals surface area contributed by atoms with Crippen LogP contribution >= 0.6 is 11.8 Å². The van der Waals surface area contributed by atoms with Crippen molar-refractivity contribution >= 4 is 17.6 Å². The van der Waals surface area contributed by atoms with Gasteiger partial charge in [0.15, 0.2) is 0 Å². The van der Waals surface area contributed by atoms with Gasteiger partial charge < -0.3 is 10.6 Å². The molecule has 16 heavy (non-hydrogen) atoms. The summed E-state index contributed by atoms with van der Waals surface area (Å²) in [5, 5.41) is 0.720. The van der Waals surface area contributed by atoms with E-state index in [0.29, 0.717) is 6.54 Å². The van der Waals surface area contributed by atoms with Gasteiger partial charge in [0, 0.05) is 36.8 Å². The summed E-state index contributed by atoms with van der Waals surface area (Å²) in [4.78, 5) is 11.0. The van der Waals surface area contributed by atoms with Crippen LogP contribution in [0, 0.1) is 0 Å². The van der Waals surface area contributed by atoms with Gasteiger partial charge in [-0.2, -0.15) is 11.8 Å². The molecule has 0 amide bonds. The van der Waals surface area contributed by atoms with Gasteiger partial charge >= 0.3 is 0 Å². The lowest BCUT2D eigenvalue weighted by Crippen LogP contribution is -2.38. The van der Waals surface area contributed by atoms with E-state index in [4.69, 9.17) is 5.73 Å².